The summed E-state index contributed by atoms with van der Waals surface area (Å²) in [6.07, 6.45) is 0.168. The first kappa shape index (κ1) is 15.5. The Morgan fingerprint density at radius 3 is 2.47 bits per heavy atom. The molecule has 5 N–H and O–H groups in total. The lowest BCUT2D eigenvalue weighted by Gasteiger charge is -2.19. The predicted octanol–water partition coefficient (Wildman–Crippen LogP) is 1.51. The zero-order chi connectivity index (χ0) is 14.6. The molecule has 0 saturated carbocycles. The highest BCUT2D eigenvalue weighted by Crippen LogP contribution is 2.32. The molecule has 0 spiro atoms. The second kappa shape index (κ2) is 6.54. The molecule has 1 aromatic rings. The van der Waals surface area contributed by atoms with Gasteiger partial charge in [0.2, 0.25) is 5.91 Å². The quantitative estimate of drug-likeness (QED) is 0.427. The van der Waals surface area contributed by atoms with Crippen molar-refractivity contribution < 1.29 is 9.53 Å². The highest BCUT2D eigenvalue weighted by Gasteiger charge is 2.17. The molecule has 19 heavy (non-hydrogen) atoms. The highest BCUT2D eigenvalue weighted by molar-refractivity contribution is 5.76. The minimum absolute atomic E-state index is 0.168. The largest absolute Gasteiger partial charge is 0.496 e. The smallest absolute Gasteiger partial charge is 0.235 e. The van der Waals surface area contributed by atoms with Gasteiger partial charge in [0.25, 0.3) is 0 Å². The van der Waals surface area contributed by atoms with Crippen LogP contribution in [0.25, 0.3) is 0 Å². The number of nitrogens with two attached hydrogens (primary N) is 2. The maximum absolute atomic E-state index is 11.3. The number of methoxy groups -OCH3 is 1. The zero-order valence-corrected chi connectivity index (χ0v) is 12.0. The summed E-state index contributed by atoms with van der Waals surface area (Å²) in [6.45, 7) is 6.15. The van der Waals surface area contributed by atoms with E-state index in [0.29, 0.717) is 5.92 Å². The van der Waals surface area contributed by atoms with Crippen LogP contribution in [0.4, 0.5) is 0 Å². The molecule has 0 aromatic heterocycles. The van der Waals surface area contributed by atoms with Crippen LogP contribution in [0.15, 0.2) is 12.1 Å². The topological polar surface area (TPSA) is 90.4 Å². The van der Waals surface area contributed by atoms with Gasteiger partial charge in [0.1, 0.15) is 5.75 Å². The van der Waals surface area contributed by atoms with Crippen molar-refractivity contribution in [3.8, 4) is 5.75 Å². The van der Waals surface area contributed by atoms with Gasteiger partial charge in [-0.1, -0.05) is 19.9 Å². The Kier molecular flexibility index (Phi) is 5.32. The standard InChI is InChI=1S/C14H23N3O2/c1-8(2)10-6-11(9(3)5-13(10)19-4)12(15)7-14(18)17-16/h5-6,8,12H,7,15-16H2,1-4H3,(H,17,18). The third-order valence-corrected chi connectivity index (χ3v) is 3.21. The Hall–Kier alpha value is -1.59. The van der Waals surface area contributed by atoms with Gasteiger partial charge in [-0.3, -0.25) is 10.2 Å². The lowest BCUT2D eigenvalue weighted by molar-refractivity contribution is -0.121. The van der Waals surface area contributed by atoms with Gasteiger partial charge in [0.15, 0.2) is 0 Å². The molecule has 0 heterocycles. The lowest BCUT2D eigenvalue weighted by Crippen LogP contribution is -2.32. The van der Waals surface area contributed by atoms with Crippen molar-refractivity contribution in [2.75, 3.05) is 7.11 Å². The molecule has 0 radical (unpaired) electrons. The fourth-order valence-electron chi connectivity index (χ4n) is 2.11. The van der Waals surface area contributed by atoms with Crippen LogP contribution in [0.5, 0.6) is 5.75 Å². The molecule has 1 aromatic carbocycles. The molecule has 5 nitrogen and oxygen atoms in total. The van der Waals surface area contributed by atoms with Crippen molar-refractivity contribution in [2.45, 2.75) is 39.2 Å². The van der Waals surface area contributed by atoms with Crippen molar-refractivity contribution in [1.29, 1.82) is 0 Å². The van der Waals surface area contributed by atoms with Crippen LogP contribution in [-0.2, 0) is 4.79 Å². The molecule has 0 aliphatic carbocycles. The number of hydrazine groups is 1. The summed E-state index contributed by atoms with van der Waals surface area (Å²) in [5.74, 6) is 5.99. The van der Waals surface area contributed by atoms with Crippen LogP contribution in [0.1, 0.15) is 48.9 Å². The number of hydrogen-bond acceptors (Lipinski definition) is 4. The van der Waals surface area contributed by atoms with Gasteiger partial charge in [0, 0.05) is 12.5 Å². The Morgan fingerprint density at radius 2 is 2.00 bits per heavy atom. The summed E-state index contributed by atoms with van der Waals surface area (Å²) in [7, 11) is 1.65. The van der Waals surface area contributed by atoms with Crippen LogP contribution in [-0.4, -0.2) is 13.0 Å². The SMILES string of the molecule is COc1cc(C)c(C(N)CC(=O)NN)cc1C(C)C. The molecule has 1 unspecified atom stereocenters. The summed E-state index contributed by atoms with van der Waals surface area (Å²) in [5.41, 5.74) is 11.2. The van der Waals surface area contributed by atoms with Crippen molar-refractivity contribution in [3.63, 3.8) is 0 Å². The minimum atomic E-state index is -0.369. The molecule has 1 atom stereocenters. The minimum Gasteiger partial charge on any atom is -0.496 e. The summed E-state index contributed by atoms with van der Waals surface area (Å²) in [4.78, 5) is 11.3. The highest BCUT2D eigenvalue weighted by atomic mass is 16.5. The van der Waals surface area contributed by atoms with E-state index >= 15 is 0 Å². The summed E-state index contributed by atoms with van der Waals surface area (Å²) < 4.78 is 5.38. The monoisotopic (exact) mass is 265 g/mol. The number of carbonyl (C=O) groups is 1. The van der Waals surface area contributed by atoms with Crippen LogP contribution in [0.3, 0.4) is 0 Å². The van der Waals surface area contributed by atoms with Crippen molar-refractivity contribution in [1.82, 2.24) is 5.43 Å². The van der Waals surface area contributed by atoms with Crippen LogP contribution >= 0.6 is 0 Å². The molecule has 0 fully saturated rings. The summed E-state index contributed by atoms with van der Waals surface area (Å²) in [6, 6.07) is 3.62. The molecule has 1 amide bonds. The molecule has 1 rings (SSSR count). The van der Waals surface area contributed by atoms with E-state index in [1.807, 2.05) is 19.1 Å². The molecular formula is C14H23N3O2. The number of nitrogens with one attached hydrogen (secondary N) is 1. The van der Waals surface area contributed by atoms with E-state index < -0.39 is 0 Å². The Labute approximate surface area is 114 Å². The second-order valence-corrected chi connectivity index (χ2v) is 4.98. The molecule has 5 heteroatoms. The van der Waals surface area contributed by atoms with E-state index in [9.17, 15) is 4.79 Å². The van der Waals surface area contributed by atoms with E-state index in [-0.39, 0.29) is 18.4 Å². The maximum atomic E-state index is 11.3. The molecule has 0 aliphatic heterocycles. The van der Waals surface area contributed by atoms with Gasteiger partial charge in [0.05, 0.1) is 7.11 Å². The van der Waals surface area contributed by atoms with Crippen molar-refractivity contribution >= 4 is 5.91 Å². The van der Waals surface area contributed by atoms with Crippen molar-refractivity contribution in [2.24, 2.45) is 11.6 Å². The molecule has 0 saturated heterocycles. The van der Waals surface area contributed by atoms with Gasteiger partial charge < -0.3 is 10.5 Å². The normalized spacial score (nSPS) is 12.4. The van der Waals surface area contributed by atoms with E-state index in [4.69, 9.17) is 16.3 Å². The predicted molar refractivity (Wildman–Crippen MR) is 75.7 cm³/mol. The van der Waals surface area contributed by atoms with E-state index in [1.165, 1.54) is 0 Å². The van der Waals surface area contributed by atoms with Gasteiger partial charge >= 0.3 is 0 Å². The molecule has 0 bridgehead atoms. The number of aryl methyl sites for hydroxylation is 1. The first-order chi connectivity index (χ1) is 8.90. The third kappa shape index (κ3) is 3.68. The first-order valence-electron chi connectivity index (χ1n) is 6.34. The van der Waals surface area contributed by atoms with Gasteiger partial charge in [-0.05, 0) is 35.6 Å². The van der Waals surface area contributed by atoms with Crippen LogP contribution < -0.4 is 21.7 Å². The average Bonchev–Trinajstić information content (AvgIpc) is 2.37. The maximum Gasteiger partial charge on any atom is 0.235 e. The number of ether oxygens (including phenoxy) is 1. The Morgan fingerprint density at radius 1 is 1.37 bits per heavy atom. The van der Waals surface area contributed by atoms with Crippen molar-refractivity contribution in [3.05, 3.63) is 28.8 Å². The van der Waals surface area contributed by atoms with E-state index in [0.717, 1.165) is 22.4 Å². The summed E-state index contributed by atoms with van der Waals surface area (Å²) in [5, 5.41) is 0. The number of benzene rings is 1. The third-order valence-electron chi connectivity index (χ3n) is 3.21. The first-order valence-corrected chi connectivity index (χ1v) is 6.34. The van der Waals surface area contributed by atoms with Gasteiger partial charge in [-0.2, -0.15) is 0 Å². The number of rotatable bonds is 5. The van der Waals surface area contributed by atoms with E-state index in [2.05, 4.69) is 19.3 Å². The molecule has 0 aliphatic rings. The van der Waals surface area contributed by atoms with Crippen LogP contribution in [0, 0.1) is 6.92 Å². The average molecular weight is 265 g/mol. The number of hydrogen-bond donors (Lipinski definition) is 3. The molecular weight excluding hydrogens is 242 g/mol. The fourth-order valence-corrected chi connectivity index (χ4v) is 2.11. The van der Waals surface area contributed by atoms with Gasteiger partial charge in [-0.15, -0.1) is 0 Å². The Balaban J connectivity index is 3.13. The lowest BCUT2D eigenvalue weighted by atomic mass is 9.92. The number of amides is 1. The number of carbonyl (C=O) groups excluding carboxylic acids is 1. The second-order valence-electron chi connectivity index (χ2n) is 4.98. The fraction of sp³-hybridized carbons (Fsp3) is 0.500. The Bertz CT molecular complexity index is 458. The van der Waals surface area contributed by atoms with Crippen LogP contribution in [0.2, 0.25) is 0 Å². The molecule has 106 valence electrons. The summed E-state index contributed by atoms with van der Waals surface area (Å²) >= 11 is 0. The zero-order valence-electron chi connectivity index (χ0n) is 12.0. The van der Waals surface area contributed by atoms with Gasteiger partial charge in [-0.25, -0.2) is 5.84 Å². The van der Waals surface area contributed by atoms with E-state index in [1.54, 1.807) is 7.11 Å².